The average Bonchev–Trinajstić information content (AvgIpc) is 3.21. The van der Waals surface area contributed by atoms with Gasteiger partial charge in [0.15, 0.2) is 0 Å². The minimum absolute atomic E-state index is 0.133. The maximum absolute atomic E-state index is 13.4. The van der Waals surface area contributed by atoms with Gasteiger partial charge in [0.25, 0.3) is 10.0 Å². The predicted molar refractivity (Wildman–Crippen MR) is 117 cm³/mol. The molecule has 0 radical (unpaired) electrons. The molecule has 1 atom stereocenters. The molecule has 1 N–H and O–H groups in total. The molecule has 3 aromatic rings. The number of rotatable bonds is 5. The number of benzene rings is 3. The van der Waals surface area contributed by atoms with Crippen LogP contribution >= 0.6 is 0 Å². The molecule has 0 spiro atoms. The first-order chi connectivity index (χ1) is 14.8. The Hall–Kier alpha value is -3.52. The SMILES string of the molecule is CC(=O)Nc1ccc(C2=NN(S(=O)(=O)c3ccccc3)[C@@H](c3ccc(F)cc3)C2)cc1. The summed E-state index contributed by atoms with van der Waals surface area (Å²) in [4.78, 5) is 11.4. The zero-order valence-electron chi connectivity index (χ0n) is 16.7. The molecule has 0 aromatic heterocycles. The summed E-state index contributed by atoms with van der Waals surface area (Å²) in [5, 5.41) is 7.15. The van der Waals surface area contributed by atoms with E-state index in [2.05, 4.69) is 10.4 Å². The van der Waals surface area contributed by atoms with Crippen molar-refractivity contribution in [2.45, 2.75) is 24.3 Å². The number of hydrogen-bond donors (Lipinski definition) is 1. The standard InChI is InChI=1S/C23H20FN3O3S/c1-16(28)25-20-13-9-17(10-14-20)22-15-23(18-7-11-19(24)12-8-18)27(26-22)31(29,30)21-5-3-2-4-6-21/h2-14,23H,15H2,1H3,(H,25,28)/t23-/m1/s1. The molecule has 0 saturated heterocycles. The van der Waals surface area contributed by atoms with E-state index in [0.29, 0.717) is 23.4 Å². The number of sulfonamides is 1. The lowest BCUT2D eigenvalue weighted by Gasteiger charge is -2.23. The number of carbonyl (C=O) groups excluding carboxylic acids is 1. The number of amides is 1. The van der Waals surface area contributed by atoms with Crippen LogP contribution in [-0.4, -0.2) is 24.5 Å². The molecular weight excluding hydrogens is 417 g/mol. The molecular formula is C23H20FN3O3S. The fraction of sp³-hybridized carbons (Fsp3) is 0.130. The Balaban J connectivity index is 1.73. The molecule has 0 bridgehead atoms. The van der Waals surface area contributed by atoms with Crippen LogP contribution in [0.5, 0.6) is 0 Å². The zero-order valence-corrected chi connectivity index (χ0v) is 17.5. The Morgan fingerprint density at radius 3 is 2.26 bits per heavy atom. The Morgan fingerprint density at radius 2 is 1.65 bits per heavy atom. The van der Waals surface area contributed by atoms with E-state index < -0.39 is 21.9 Å². The van der Waals surface area contributed by atoms with Gasteiger partial charge in [0.1, 0.15) is 5.82 Å². The van der Waals surface area contributed by atoms with Crippen molar-refractivity contribution in [2.75, 3.05) is 5.32 Å². The van der Waals surface area contributed by atoms with Crippen LogP contribution in [-0.2, 0) is 14.8 Å². The molecule has 0 saturated carbocycles. The van der Waals surface area contributed by atoms with Gasteiger partial charge in [0.05, 0.1) is 16.6 Å². The van der Waals surface area contributed by atoms with Gasteiger partial charge in [-0.1, -0.05) is 42.5 Å². The molecule has 1 aliphatic rings. The number of nitrogens with one attached hydrogen (secondary N) is 1. The molecule has 4 rings (SSSR count). The van der Waals surface area contributed by atoms with E-state index in [9.17, 15) is 17.6 Å². The van der Waals surface area contributed by atoms with Crippen LogP contribution < -0.4 is 5.32 Å². The number of hydrogen-bond acceptors (Lipinski definition) is 4. The fourth-order valence-electron chi connectivity index (χ4n) is 3.47. The number of carbonyl (C=O) groups is 1. The summed E-state index contributed by atoms with van der Waals surface area (Å²) in [6.07, 6.45) is 0.331. The summed E-state index contributed by atoms with van der Waals surface area (Å²) in [7, 11) is -3.92. The fourth-order valence-corrected chi connectivity index (χ4v) is 4.92. The Morgan fingerprint density at radius 1 is 1.00 bits per heavy atom. The van der Waals surface area contributed by atoms with Crippen molar-refractivity contribution >= 4 is 27.3 Å². The molecule has 3 aromatic carbocycles. The van der Waals surface area contributed by atoms with E-state index in [1.165, 1.54) is 31.2 Å². The lowest BCUT2D eigenvalue weighted by molar-refractivity contribution is -0.114. The van der Waals surface area contributed by atoms with Crippen LogP contribution in [0.4, 0.5) is 10.1 Å². The van der Waals surface area contributed by atoms with E-state index in [4.69, 9.17) is 0 Å². The minimum Gasteiger partial charge on any atom is -0.326 e. The molecule has 0 unspecified atom stereocenters. The largest absolute Gasteiger partial charge is 0.326 e. The number of hydrazone groups is 1. The van der Waals surface area contributed by atoms with E-state index >= 15 is 0 Å². The summed E-state index contributed by atoms with van der Waals surface area (Å²) < 4.78 is 41.2. The van der Waals surface area contributed by atoms with Crippen LogP contribution in [0.15, 0.2) is 88.9 Å². The van der Waals surface area contributed by atoms with Crippen LogP contribution in [0, 0.1) is 5.82 Å². The lowest BCUT2D eigenvalue weighted by Crippen LogP contribution is -2.27. The van der Waals surface area contributed by atoms with Gasteiger partial charge in [-0.2, -0.15) is 17.9 Å². The summed E-state index contributed by atoms with van der Waals surface area (Å²) in [5.41, 5.74) is 2.61. The van der Waals surface area contributed by atoms with Crippen LogP contribution in [0.2, 0.25) is 0 Å². The van der Waals surface area contributed by atoms with E-state index in [1.807, 2.05) is 0 Å². The maximum Gasteiger partial charge on any atom is 0.279 e. The van der Waals surface area contributed by atoms with Crippen LogP contribution in [0.1, 0.15) is 30.5 Å². The molecule has 1 amide bonds. The first kappa shape index (κ1) is 20.7. The molecule has 8 heteroatoms. The third kappa shape index (κ3) is 4.34. The highest BCUT2D eigenvalue weighted by Crippen LogP contribution is 2.37. The van der Waals surface area contributed by atoms with Crippen molar-refractivity contribution in [2.24, 2.45) is 5.10 Å². The highest BCUT2D eigenvalue weighted by molar-refractivity contribution is 7.89. The first-order valence-corrected chi connectivity index (χ1v) is 11.1. The summed E-state index contributed by atoms with van der Waals surface area (Å²) in [6, 6.07) is 20.3. The number of nitrogens with zero attached hydrogens (tertiary/aromatic N) is 2. The predicted octanol–water partition coefficient (Wildman–Crippen LogP) is 4.32. The molecule has 1 heterocycles. The van der Waals surface area contributed by atoms with Gasteiger partial charge in [-0.05, 0) is 47.5 Å². The Kier molecular flexibility index (Phi) is 5.56. The third-order valence-electron chi connectivity index (χ3n) is 4.95. The second-order valence-corrected chi connectivity index (χ2v) is 8.96. The number of anilines is 1. The topological polar surface area (TPSA) is 78.8 Å². The van der Waals surface area contributed by atoms with Crippen molar-refractivity contribution in [1.82, 2.24) is 4.41 Å². The highest BCUT2D eigenvalue weighted by Gasteiger charge is 2.37. The van der Waals surface area contributed by atoms with Gasteiger partial charge in [0, 0.05) is 19.0 Å². The van der Waals surface area contributed by atoms with Crippen molar-refractivity contribution in [1.29, 1.82) is 0 Å². The van der Waals surface area contributed by atoms with E-state index in [1.54, 1.807) is 54.6 Å². The van der Waals surface area contributed by atoms with Crippen molar-refractivity contribution in [3.05, 3.63) is 95.8 Å². The summed E-state index contributed by atoms with van der Waals surface area (Å²) >= 11 is 0. The zero-order chi connectivity index (χ0) is 22.0. The van der Waals surface area contributed by atoms with Crippen molar-refractivity contribution < 1.29 is 17.6 Å². The third-order valence-corrected chi connectivity index (χ3v) is 6.65. The van der Waals surface area contributed by atoms with Crippen molar-refractivity contribution in [3.8, 4) is 0 Å². The molecule has 1 aliphatic heterocycles. The Bertz CT molecular complexity index is 1230. The van der Waals surface area contributed by atoms with Crippen molar-refractivity contribution in [3.63, 3.8) is 0 Å². The summed E-state index contributed by atoms with van der Waals surface area (Å²) in [5.74, 6) is -0.573. The smallest absolute Gasteiger partial charge is 0.279 e. The van der Waals surface area contributed by atoms with E-state index in [-0.39, 0.29) is 10.8 Å². The lowest BCUT2D eigenvalue weighted by atomic mass is 9.99. The maximum atomic E-state index is 13.4. The molecule has 0 aliphatic carbocycles. The second kappa shape index (κ2) is 8.31. The second-order valence-electron chi connectivity index (χ2n) is 7.17. The van der Waals surface area contributed by atoms with E-state index in [0.717, 1.165) is 9.98 Å². The first-order valence-electron chi connectivity index (χ1n) is 9.65. The average molecular weight is 437 g/mol. The molecule has 158 valence electrons. The Labute approximate surface area is 180 Å². The van der Waals surface area contributed by atoms with Crippen LogP contribution in [0.3, 0.4) is 0 Å². The molecule has 6 nitrogen and oxygen atoms in total. The van der Waals surface area contributed by atoms with Crippen LogP contribution in [0.25, 0.3) is 0 Å². The quantitative estimate of drug-likeness (QED) is 0.646. The van der Waals surface area contributed by atoms with Gasteiger partial charge in [-0.25, -0.2) is 4.39 Å². The number of halogens is 1. The summed E-state index contributed by atoms with van der Waals surface area (Å²) in [6.45, 7) is 1.43. The molecule has 0 fully saturated rings. The molecule has 31 heavy (non-hydrogen) atoms. The van der Waals surface area contributed by atoms with Gasteiger partial charge in [-0.3, -0.25) is 4.79 Å². The van der Waals surface area contributed by atoms with Gasteiger partial charge >= 0.3 is 0 Å². The van der Waals surface area contributed by atoms with Gasteiger partial charge < -0.3 is 5.32 Å². The normalized spacial score (nSPS) is 16.1. The monoisotopic (exact) mass is 437 g/mol. The minimum atomic E-state index is -3.92. The van der Waals surface area contributed by atoms with Gasteiger partial charge in [-0.15, -0.1) is 0 Å². The van der Waals surface area contributed by atoms with Gasteiger partial charge in [0.2, 0.25) is 5.91 Å². The highest BCUT2D eigenvalue weighted by atomic mass is 32.2.